The second-order valence-electron chi connectivity index (χ2n) is 8.60. The molecule has 0 aromatic heterocycles. The summed E-state index contributed by atoms with van der Waals surface area (Å²) >= 11 is 0. The fraction of sp³-hybridized carbons (Fsp3) is 0.700. The lowest BCUT2D eigenvalue weighted by Crippen LogP contribution is -2.48. The SMILES string of the molecule is Cc1ccc(C2(C)CC(C)C3C(C2)C(C)(C)ON3C)c(C)c1. The van der Waals surface area contributed by atoms with Crippen LogP contribution in [0.5, 0.6) is 0 Å². The Bertz CT molecular complexity index is 579. The molecule has 1 heterocycles. The molecule has 0 amide bonds. The zero-order valence-corrected chi connectivity index (χ0v) is 15.2. The van der Waals surface area contributed by atoms with Gasteiger partial charge in [0.25, 0.3) is 0 Å². The van der Waals surface area contributed by atoms with E-state index in [1.807, 2.05) is 0 Å². The summed E-state index contributed by atoms with van der Waals surface area (Å²) < 4.78 is 0. The van der Waals surface area contributed by atoms with Gasteiger partial charge in [0.1, 0.15) is 0 Å². The number of benzene rings is 1. The fourth-order valence-corrected chi connectivity index (χ4v) is 5.40. The minimum absolute atomic E-state index is 0.0615. The van der Waals surface area contributed by atoms with Crippen molar-refractivity contribution in [2.45, 2.75) is 71.4 Å². The summed E-state index contributed by atoms with van der Waals surface area (Å²) in [7, 11) is 2.11. The van der Waals surface area contributed by atoms with E-state index >= 15 is 0 Å². The summed E-state index contributed by atoms with van der Waals surface area (Å²) in [4.78, 5) is 6.18. The van der Waals surface area contributed by atoms with Crippen molar-refractivity contribution in [1.82, 2.24) is 5.06 Å². The quantitative estimate of drug-likeness (QED) is 0.750. The lowest BCUT2D eigenvalue weighted by molar-refractivity contribution is -0.182. The van der Waals surface area contributed by atoms with Gasteiger partial charge in [0.2, 0.25) is 0 Å². The van der Waals surface area contributed by atoms with Gasteiger partial charge in [-0.25, -0.2) is 0 Å². The maximum Gasteiger partial charge on any atom is 0.0887 e. The fourth-order valence-electron chi connectivity index (χ4n) is 5.40. The summed E-state index contributed by atoms with van der Waals surface area (Å²) in [6.07, 6.45) is 2.45. The number of fused-ring (bicyclic) bond motifs is 1. The Morgan fingerprint density at radius 2 is 1.82 bits per heavy atom. The van der Waals surface area contributed by atoms with Crippen molar-refractivity contribution in [3.63, 3.8) is 0 Å². The predicted molar refractivity (Wildman–Crippen MR) is 91.9 cm³/mol. The third kappa shape index (κ3) is 2.41. The van der Waals surface area contributed by atoms with E-state index in [2.05, 4.69) is 71.9 Å². The van der Waals surface area contributed by atoms with Crippen LogP contribution < -0.4 is 0 Å². The standard InChI is InChI=1S/C20H31NO/c1-13-8-9-16(14(2)10-13)20(6)11-15(3)18-17(12-20)19(4,5)22-21(18)7/h8-10,15,17-18H,11-12H2,1-7H3. The Morgan fingerprint density at radius 3 is 2.45 bits per heavy atom. The molecule has 122 valence electrons. The van der Waals surface area contributed by atoms with Crippen molar-refractivity contribution in [3.05, 3.63) is 34.9 Å². The average molecular weight is 301 g/mol. The highest BCUT2D eigenvalue weighted by atomic mass is 16.7. The zero-order valence-electron chi connectivity index (χ0n) is 15.2. The van der Waals surface area contributed by atoms with Crippen molar-refractivity contribution in [1.29, 1.82) is 0 Å². The molecule has 2 fully saturated rings. The molecule has 0 spiro atoms. The van der Waals surface area contributed by atoms with E-state index in [1.54, 1.807) is 0 Å². The number of nitrogens with zero attached hydrogens (tertiary/aromatic N) is 1. The zero-order chi connectivity index (χ0) is 16.3. The van der Waals surface area contributed by atoms with Gasteiger partial charge in [-0.05, 0) is 63.0 Å². The summed E-state index contributed by atoms with van der Waals surface area (Å²) in [5, 5.41) is 2.14. The van der Waals surface area contributed by atoms with Crippen LogP contribution in [0.2, 0.25) is 0 Å². The average Bonchev–Trinajstić information content (AvgIpc) is 2.58. The van der Waals surface area contributed by atoms with E-state index in [4.69, 9.17) is 4.84 Å². The van der Waals surface area contributed by atoms with Crippen LogP contribution in [0.15, 0.2) is 18.2 Å². The van der Waals surface area contributed by atoms with Crippen LogP contribution in [0.4, 0.5) is 0 Å². The van der Waals surface area contributed by atoms with E-state index in [-0.39, 0.29) is 11.0 Å². The predicted octanol–water partition coefficient (Wildman–Crippen LogP) is 4.63. The van der Waals surface area contributed by atoms with E-state index in [0.29, 0.717) is 17.9 Å². The number of hydroxylamine groups is 2. The number of aryl methyl sites for hydroxylation is 2. The summed E-state index contributed by atoms with van der Waals surface area (Å²) in [5.74, 6) is 1.24. The van der Waals surface area contributed by atoms with Crippen LogP contribution in [0.25, 0.3) is 0 Å². The molecule has 22 heavy (non-hydrogen) atoms. The molecule has 1 saturated heterocycles. The smallest absolute Gasteiger partial charge is 0.0887 e. The summed E-state index contributed by atoms with van der Waals surface area (Å²) in [5.41, 5.74) is 4.53. The van der Waals surface area contributed by atoms with Crippen molar-refractivity contribution >= 4 is 0 Å². The molecule has 3 rings (SSSR count). The van der Waals surface area contributed by atoms with E-state index in [0.717, 1.165) is 0 Å². The molecule has 4 atom stereocenters. The molecule has 4 unspecified atom stereocenters. The molecule has 0 N–H and O–H groups in total. The van der Waals surface area contributed by atoms with Gasteiger partial charge in [-0.15, -0.1) is 0 Å². The molecule has 1 aliphatic carbocycles. The van der Waals surface area contributed by atoms with Gasteiger partial charge >= 0.3 is 0 Å². The van der Waals surface area contributed by atoms with Crippen LogP contribution in [0.3, 0.4) is 0 Å². The molecule has 2 nitrogen and oxygen atoms in total. The van der Waals surface area contributed by atoms with Crippen molar-refractivity contribution in [3.8, 4) is 0 Å². The van der Waals surface area contributed by atoms with E-state index in [9.17, 15) is 0 Å². The van der Waals surface area contributed by atoms with Crippen molar-refractivity contribution in [2.75, 3.05) is 7.05 Å². The van der Waals surface area contributed by atoms with Gasteiger partial charge in [-0.2, -0.15) is 5.06 Å². The Kier molecular flexibility index (Phi) is 3.69. The highest BCUT2D eigenvalue weighted by Crippen LogP contribution is 2.53. The molecular weight excluding hydrogens is 270 g/mol. The largest absolute Gasteiger partial charge is 0.293 e. The normalized spacial score (nSPS) is 38.0. The van der Waals surface area contributed by atoms with Crippen molar-refractivity contribution in [2.24, 2.45) is 11.8 Å². The van der Waals surface area contributed by atoms with Crippen molar-refractivity contribution < 1.29 is 4.84 Å². The number of rotatable bonds is 1. The Hall–Kier alpha value is -0.860. The molecule has 2 heteroatoms. The summed E-state index contributed by atoms with van der Waals surface area (Å²) in [6, 6.07) is 7.52. The number of hydrogen-bond donors (Lipinski definition) is 0. The third-order valence-electron chi connectivity index (χ3n) is 6.16. The molecule has 0 radical (unpaired) electrons. The minimum atomic E-state index is -0.0615. The molecule has 1 aliphatic heterocycles. The third-order valence-corrected chi connectivity index (χ3v) is 6.16. The van der Waals surface area contributed by atoms with Gasteiger partial charge in [-0.1, -0.05) is 37.6 Å². The molecule has 0 bridgehead atoms. The molecular formula is C20H31NO. The molecule has 1 aromatic rings. The first kappa shape index (κ1) is 16.0. The Balaban J connectivity index is 1.99. The Morgan fingerprint density at radius 1 is 1.14 bits per heavy atom. The first-order valence-electron chi connectivity index (χ1n) is 8.64. The van der Waals surface area contributed by atoms with Crippen LogP contribution in [-0.4, -0.2) is 23.8 Å². The second kappa shape index (κ2) is 5.07. The summed E-state index contributed by atoms with van der Waals surface area (Å²) in [6.45, 7) is 13.8. The van der Waals surface area contributed by atoms with E-state index in [1.165, 1.54) is 29.5 Å². The number of hydrogen-bond acceptors (Lipinski definition) is 2. The topological polar surface area (TPSA) is 12.5 Å². The van der Waals surface area contributed by atoms with E-state index < -0.39 is 0 Å². The maximum absolute atomic E-state index is 6.18. The highest BCUT2D eigenvalue weighted by Gasteiger charge is 2.55. The maximum atomic E-state index is 6.18. The second-order valence-corrected chi connectivity index (χ2v) is 8.60. The van der Waals surface area contributed by atoms with Gasteiger partial charge in [-0.3, -0.25) is 4.84 Å². The van der Waals surface area contributed by atoms with Crippen LogP contribution >= 0.6 is 0 Å². The van der Waals surface area contributed by atoms with Gasteiger partial charge in [0, 0.05) is 19.0 Å². The van der Waals surface area contributed by atoms with Gasteiger partial charge < -0.3 is 0 Å². The van der Waals surface area contributed by atoms with Crippen LogP contribution in [0.1, 0.15) is 57.2 Å². The van der Waals surface area contributed by atoms with Gasteiger partial charge in [0.05, 0.1) is 5.60 Å². The molecule has 2 aliphatic rings. The molecule has 1 aromatic carbocycles. The Labute approximate surface area is 135 Å². The van der Waals surface area contributed by atoms with Gasteiger partial charge in [0.15, 0.2) is 0 Å². The van der Waals surface area contributed by atoms with Crippen LogP contribution in [0, 0.1) is 25.7 Å². The lowest BCUT2D eigenvalue weighted by atomic mass is 9.58. The first-order chi connectivity index (χ1) is 10.1. The monoisotopic (exact) mass is 301 g/mol. The first-order valence-corrected chi connectivity index (χ1v) is 8.64. The molecule has 1 saturated carbocycles. The van der Waals surface area contributed by atoms with Crippen LogP contribution in [-0.2, 0) is 10.3 Å². The highest BCUT2D eigenvalue weighted by molar-refractivity contribution is 5.37. The minimum Gasteiger partial charge on any atom is -0.293 e. The lowest BCUT2D eigenvalue weighted by Gasteiger charge is -2.47.